The first-order valence-corrected chi connectivity index (χ1v) is 12.5. The predicted octanol–water partition coefficient (Wildman–Crippen LogP) is 4.45. The molecule has 184 valence electrons. The maximum atomic E-state index is 13.3. The predicted molar refractivity (Wildman–Crippen MR) is 136 cm³/mol. The van der Waals surface area contributed by atoms with Gasteiger partial charge in [-0.1, -0.05) is 49.7 Å². The largest absolute Gasteiger partial charge is 0.493 e. The lowest BCUT2D eigenvalue weighted by Gasteiger charge is -2.25. The molecule has 6 nitrogen and oxygen atoms in total. The fourth-order valence-electron chi connectivity index (χ4n) is 4.01. The van der Waals surface area contributed by atoms with Gasteiger partial charge in [0.1, 0.15) is 5.75 Å². The molecule has 0 aromatic heterocycles. The molecular weight excluding hydrogens is 426 g/mol. The highest BCUT2D eigenvalue weighted by molar-refractivity contribution is 5.96. The molecule has 0 saturated heterocycles. The molecule has 0 saturated carbocycles. The van der Waals surface area contributed by atoms with Gasteiger partial charge in [-0.15, -0.1) is 0 Å². The van der Waals surface area contributed by atoms with Crippen molar-refractivity contribution in [3.8, 4) is 5.75 Å². The highest BCUT2D eigenvalue weighted by Gasteiger charge is 2.21. The molecule has 6 heteroatoms. The molecule has 2 aromatic rings. The lowest BCUT2D eigenvalue weighted by molar-refractivity contribution is -0.122. The van der Waals surface area contributed by atoms with E-state index in [-0.39, 0.29) is 11.8 Å². The average Bonchev–Trinajstić information content (AvgIpc) is 2.83. The Labute approximate surface area is 204 Å². The first-order valence-electron chi connectivity index (χ1n) is 12.5. The number of carbonyl (C=O) groups excluding carboxylic acids is 2. The third-order valence-corrected chi connectivity index (χ3v) is 6.12. The quantitative estimate of drug-likeness (QED) is 0.661. The second-order valence-corrected chi connectivity index (χ2v) is 9.60. The van der Waals surface area contributed by atoms with Gasteiger partial charge in [-0.05, 0) is 62.8 Å². The zero-order valence-corrected chi connectivity index (χ0v) is 20.9. The van der Waals surface area contributed by atoms with E-state index in [1.165, 1.54) is 5.56 Å². The Kier molecular flexibility index (Phi) is 9.95. The summed E-state index contributed by atoms with van der Waals surface area (Å²) in [5.41, 5.74) is 3.70. The molecule has 2 aromatic carbocycles. The Morgan fingerprint density at radius 1 is 1.09 bits per heavy atom. The molecular formula is C28H39N3O3. The van der Waals surface area contributed by atoms with Crippen molar-refractivity contribution in [3.05, 3.63) is 64.7 Å². The normalized spacial score (nSPS) is 15.8. The highest BCUT2D eigenvalue weighted by Crippen LogP contribution is 2.26. The fraction of sp³-hybridized carbons (Fsp3) is 0.500. The molecule has 0 unspecified atom stereocenters. The van der Waals surface area contributed by atoms with Crippen LogP contribution in [0.4, 0.5) is 0 Å². The number of nitrogens with one attached hydrogen (secondary N) is 2. The van der Waals surface area contributed by atoms with Crippen LogP contribution in [-0.4, -0.2) is 43.0 Å². The molecule has 0 spiro atoms. The second-order valence-electron chi connectivity index (χ2n) is 9.60. The number of aryl methyl sites for hydroxylation is 1. The number of benzene rings is 2. The van der Waals surface area contributed by atoms with Gasteiger partial charge in [-0.3, -0.25) is 14.5 Å². The molecule has 34 heavy (non-hydrogen) atoms. The summed E-state index contributed by atoms with van der Waals surface area (Å²) in [5.74, 6) is 1.17. The lowest BCUT2D eigenvalue weighted by atomic mass is 10.0. The Hall–Kier alpha value is -2.86. The third-order valence-electron chi connectivity index (χ3n) is 6.12. The van der Waals surface area contributed by atoms with Crippen molar-refractivity contribution in [3.63, 3.8) is 0 Å². The van der Waals surface area contributed by atoms with Crippen LogP contribution in [0.25, 0.3) is 0 Å². The van der Waals surface area contributed by atoms with Crippen LogP contribution in [0.3, 0.4) is 0 Å². The molecule has 1 heterocycles. The van der Waals surface area contributed by atoms with Crippen LogP contribution in [0.5, 0.6) is 5.75 Å². The number of fused-ring (bicyclic) bond motifs is 1. The number of hydrogen-bond acceptors (Lipinski definition) is 4. The smallest absolute Gasteiger partial charge is 0.252 e. The number of carbonyl (C=O) groups is 2. The first-order chi connectivity index (χ1) is 16.4. The van der Waals surface area contributed by atoms with Crippen LogP contribution >= 0.6 is 0 Å². The number of rotatable bonds is 6. The van der Waals surface area contributed by atoms with E-state index >= 15 is 0 Å². The van der Waals surface area contributed by atoms with E-state index in [2.05, 4.69) is 29.4 Å². The molecule has 3 rings (SSSR count). The van der Waals surface area contributed by atoms with Gasteiger partial charge in [0, 0.05) is 30.8 Å². The van der Waals surface area contributed by atoms with Gasteiger partial charge in [-0.25, -0.2) is 0 Å². The number of hydrogen-bond donors (Lipinski definition) is 2. The topological polar surface area (TPSA) is 70.7 Å². The van der Waals surface area contributed by atoms with E-state index in [4.69, 9.17) is 4.74 Å². The summed E-state index contributed by atoms with van der Waals surface area (Å²) < 4.78 is 6.16. The van der Waals surface area contributed by atoms with Crippen molar-refractivity contribution >= 4 is 11.8 Å². The maximum absolute atomic E-state index is 13.3. The van der Waals surface area contributed by atoms with Crippen LogP contribution < -0.4 is 15.4 Å². The Balaban J connectivity index is 1.84. The summed E-state index contributed by atoms with van der Waals surface area (Å²) in [6.45, 7) is 9.75. The Morgan fingerprint density at radius 2 is 1.88 bits per heavy atom. The van der Waals surface area contributed by atoms with E-state index in [9.17, 15) is 9.59 Å². The van der Waals surface area contributed by atoms with Crippen molar-refractivity contribution in [1.82, 2.24) is 15.5 Å². The second kappa shape index (κ2) is 13.1. The Bertz CT molecular complexity index is 940. The monoisotopic (exact) mass is 465 g/mol. The zero-order chi connectivity index (χ0) is 24.3. The molecule has 0 fully saturated rings. The summed E-state index contributed by atoms with van der Waals surface area (Å²) in [4.78, 5) is 28.0. The highest BCUT2D eigenvalue weighted by atomic mass is 16.5. The summed E-state index contributed by atoms with van der Waals surface area (Å²) in [6, 6.07) is 13.8. The van der Waals surface area contributed by atoms with E-state index in [1.54, 1.807) is 0 Å². The number of ether oxygens (including phenoxy) is 1. The van der Waals surface area contributed by atoms with Crippen LogP contribution in [0.15, 0.2) is 42.5 Å². The molecule has 1 aliphatic rings. The zero-order valence-electron chi connectivity index (χ0n) is 20.9. The average molecular weight is 466 g/mol. The van der Waals surface area contributed by atoms with Gasteiger partial charge < -0.3 is 15.4 Å². The van der Waals surface area contributed by atoms with Crippen LogP contribution in [-0.2, 0) is 17.9 Å². The van der Waals surface area contributed by atoms with Gasteiger partial charge in [-0.2, -0.15) is 0 Å². The van der Waals surface area contributed by atoms with Crippen molar-refractivity contribution in [2.75, 3.05) is 26.2 Å². The fourth-order valence-corrected chi connectivity index (χ4v) is 4.01. The van der Waals surface area contributed by atoms with E-state index < -0.39 is 0 Å². The standard InChI is InChI=1S/C28H39N3O3/c1-21(2)14-16-31-19-25-24(28(33)30-18-23-12-10-22(3)11-13-23)8-7-9-26(25)34-17-6-4-5-15-29-27(32)20-31/h7-13,21H,4-6,14-20H2,1-3H3,(H,29,32)(H,30,33). The lowest BCUT2D eigenvalue weighted by Crippen LogP contribution is -2.38. The summed E-state index contributed by atoms with van der Waals surface area (Å²) >= 11 is 0. The molecule has 0 atom stereocenters. The van der Waals surface area contributed by atoms with Crippen molar-refractivity contribution in [2.45, 2.75) is 59.5 Å². The SMILES string of the molecule is Cc1ccc(CNC(=O)c2cccc3c2CN(CCC(C)C)CC(=O)NCCCCCO3)cc1. The molecule has 0 aliphatic carbocycles. The minimum Gasteiger partial charge on any atom is -0.493 e. The molecule has 0 bridgehead atoms. The van der Waals surface area contributed by atoms with Crippen molar-refractivity contribution in [1.29, 1.82) is 0 Å². The number of amides is 2. The van der Waals surface area contributed by atoms with Gasteiger partial charge in [0.05, 0.1) is 13.2 Å². The van der Waals surface area contributed by atoms with Crippen molar-refractivity contribution in [2.24, 2.45) is 5.92 Å². The summed E-state index contributed by atoms with van der Waals surface area (Å²) in [7, 11) is 0. The summed E-state index contributed by atoms with van der Waals surface area (Å²) in [5, 5.41) is 6.10. The van der Waals surface area contributed by atoms with E-state index in [0.29, 0.717) is 44.3 Å². The van der Waals surface area contributed by atoms with Crippen LogP contribution in [0.2, 0.25) is 0 Å². The van der Waals surface area contributed by atoms with Crippen LogP contribution in [0.1, 0.15) is 66.6 Å². The van der Waals surface area contributed by atoms with Crippen molar-refractivity contribution < 1.29 is 14.3 Å². The van der Waals surface area contributed by atoms with E-state index in [1.807, 2.05) is 49.4 Å². The Morgan fingerprint density at radius 3 is 2.65 bits per heavy atom. The van der Waals surface area contributed by atoms with Gasteiger partial charge in [0.2, 0.25) is 5.91 Å². The maximum Gasteiger partial charge on any atom is 0.252 e. The molecule has 0 radical (unpaired) electrons. The minimum atomic E-state index is -0.126. The molecule has 2 N–H and O–H groups in total. The third kappa shape index (κ3) is 8.17. The first kappa shape index (κ1) is 25.8. The molecule has 1 aliphatic heterocycles. The van der Waals surface area contributed by atoms with E-state index in [0.717, 1.165) is 49.1 Å². The number of nitrogens with zero attached hydrogens (tertiary/aromatic N) is 1. The van der Waals surface area contributed by atoms with Crippen LogP contribution in [0, 0.1) is 12.8 Å². The van der Waals surface area contributed by atoms with Gasteiger partial charge >= 0.3 is 0 Å². The van der Waals surface area contributed by atoms with Gasteiger partial charge in [0.25, 0.3) is 5.91 Å². The van der Waals surface area contributed by atoms with Gasteiger partial charge in [0.15, 0.2) is 0 Å². The minimum absolute atomic E-state index is 0.0341. The summed E-state index contributed by atoms with van der Waals surface area (Å²) in [6.07, 6.45) is 3.82. The molecule has 2 amide bonds.